The standard InChI is InChI=1S/C24H29.C21H14F9.C2H7Si.2ClH.Zr/c1-6-8-17(2)20-15-19-9-7-10-22(23(19)16-20)18-11-13-21(14-12-18)24(3,4)5;1-2-12-10-14-4-3-5-16(17(14)11-12)13-6-8-15(9-7-13)18(19(22,23)24,20(25,26)27)21(28,29)30;1-3-2;;;/h7,9-17H,6,8H2,1-5H3;3-11H,2H2,1H3;3H,1-2H3;2*1H;/q;;;;;+2/p-2. The summed E-state index contributed by atoms with van der Waals surface area (Å²) in [6.07, 6.45) is -13.4. The van der Waals surface area contributed by atoms with Crippen molar-refractivity contribution in [1.29, 1.82) is 0 Å². The van der Waals surface area contributed by atoms with Gasteiger partial charge in [0.05, 0.1) is 0 Å². The van der Waals surface area contributed by atoms with E-state index in [-0.39, 0.29) is 36.3 Å². The third kappa shape index (κ3) is 7.35. The Labute approximate surface area is 356 Å². The van der Waals surface area contributed by atoms with Gasteiger partial charge >= 0.3 is 358 Å². The monoisotopic (exact) mass is 973 g/mol. The van der Waals surface area contributed by atoms with Crippen LogP contribution in [0, 0.1) is 5.92 Å². The third-order valence-corrected chi connectivity index (χ3v) is 64.9. The third-order valence-electron chi connectivity index (χ3n) is 13.1. The molecule has 2 aliphatic rings. The van der Waals surface area contributed by atoms with Gasteiger partial charge in [0.1, 0.15) is 0 Å². The Kier molecular flexibility index (Phi) is 12.4. The summed E-state index contributed by atoms with van der Waals surface area (Å²) in [5.41, 5.74) is 1.82. The van der Waals surface area contributed by atoms with Crippen molar-refractivity contribution in [2.24, 2.45) is 5.92 Å². The average molecular weight is 976 g/mol. The molecule has 3 atom stereocenters. The zero-order chi connectivity index (χ0) is 44.6. The van der Waals surface area contributed by atoms with Crippen LogP contribution < -0.4 is 0 Å². The van der Waals surface area contributed by atoms with Crippen molar-refractivity contribution in [2.75, 3.05) is 0 Å². The number of allylic oxidation sites excluding steroid dienone is 2. The van der Waals surface area contributed by atoms with E-state index in [0.717, 1.165) is 58.4 Å². The molecule has 4 aromatic rings. The molecule has 0 nitrogen and oxygen atoms in total. The molecule has 323 valence electrons. The van der Waals surface area contributed by atoms with Crippen molar-refractivity contribution in [3.63, 3.8) is 0 Å². The van der Waals surface area contributed by atoms with Crippen LogP contribution in [0.2, 0.25) is 13.1 Å². The minimum atomic E-state index is -6.71. The normalized spacial score (nSPS) is 18.8. The van der Waals surface area contributed by atoms with E-state index in [1.165, 1.54) is 11.1 Å². The molecule has 0 heterocycles. The fourth-order valence-corrected chi connectivity index (χ4v) is 41.4. The Bertz CT molecular complexity index is 2280. The number of hydrogen-bond donors (Lipinski definition) is 0. The number of benzene rings is 4. The zero-order valence-corrected chi connectivity index (χ0v) is 40.0. The molecule has 4 aromatic carbocycles. The predicted molar refractivity (Wildman–Crippen MR) is 229 cm³/mol. The number of halogens is 11. The topological polar surface area (TPSA) is 0 Å². The molecule has 2 aliphatic carbocycles. The van der Waals surface area contributed by atoms with Gasteiger partial charge in [0.15, 0.2) is 0 Å². The van der Waals surface area contributed by atoms with Crippen LogP contribution in [0.15, 0.2) is 96.1 Å². The van der Waals surface area contributed by atoms with Gasteiger partial charge in [-0.2, -0.15) is 0 Å². The summed E-state index contributed by atoms with van der Waals surface area (Å²) in [7, 11) is 17.2. The summed E-state index contributed by atoms with van der Waals surface area (Å²) in [6, 6.07) is 22.7. The van der Waals surface area contributed by atoms with Crippen LogP contribution in [0.4, 0.5) is 39.5 Å². The van der Waals surface area contributed by atoms with E-state index in [0.29, 0.717) is 17.5 Å². The van der Waals surface area contributed by atoms with Crippen molar-refractivity contribution in [3.05, 3.63) is 129 Å². The van der Waals surface area contributed by atoms with Gasteiger partial charge in [-0.3, -0.25) is 0 Å². The van der Waals surface area contributed by atoms with E-state index < -0.39 is 51.0 Å². The Balaban J connectivity index is 1.54. The molecule has 0 saturated heterocycles. The SMILES string of the molecule is CCCC(C)C1=Cc2c(-c3ccc(C(C)(C)C)cc3)cccc2[CH]1[Zr]([Cl])([Cl])([CH]1C(CC)=Cc2c(-c3ccc(C(C(F)(F)F)(C(F)(F)F)C(F)(F)F)cc3)cccc21)[SiH](C)C. The fraction of sp³-hybridized carbons (Fsp3) is 0.404. The average Bonchev–Trinajstić information content (AvgIpc) is 3.74. The van der Waals surface area contributed by atoms with Gasteiger partial charge in [-0.15, -0.1) is 0 Å². The number of alkyl halides is 9. The molecule has 3 unspecified atom stereocenters. The Morgan fingerprint density at radius 1 is 0.617 bits per heavy atom. The molecule has 0 aromatic heterocycles. The van der Waals surface area contributed by atoms with Crippen molar-refractivity contribution in [1.82, 2.24) is 0 Å². The zero-order valence-electron chi connectivity index (χ0n) is 34.8. The van der Waals surface area contributed by atoms with E-state index in [1.807, 2.05) is 19.1 Å². The maximum absolute atomic E-state index is 14.0. The first-order valence-corrected chi connectivity index (χ1v) is 36.6. The van der Waals surface area contributed by atoms with E-state index in [4.69, 9.17) is 17.0 Å². The molecule has 13 heteroatoms. The first kappa shape index (κ1) is 46.9. The molecule has 0 aliphatic heterocycles. The summed E-state index contributed by atoms with van der Waals surface area (Å²) >= 11 is -5.36. The molecular weight excluding hydrogens is 926 g/mol. The van der Waals surface area contributed by atoms with Gasteiger partial charge in [0.25, 0.3) is 0 Å². The van der Waals surface area contributed by atoms with Gasteiger partial charge < -0.3 is 0 Å². The van der Waals surface area contributed by atoms with E-state index in [1.54, 1.807) is 12.1 Å². The maximum atomic E-state index is 14.0. The molecule has 0 radical (unpaired) electrons. The van der Waals surface area contributed by atoms with E-state index >= 15 is 0 Å². The van der Waals surface area contributed by atoms with Crippen LogP contribution in [0.25, 0.3) is 34.4 Å². The first-order valence-electron chi connectivity index (χ1n) is 20.3. The summed E-state index contributed by atoms with van der Waals surface area (Å²) in [4.78, 5) is 0. The summed E-state index contributed by atoms with van der Waals surface area (Å²) < 4.78 is 126. The number of hydrogen-bond acceptors (Lipinski definition) is 0. The molecule has 0 amide bonds. The second-order valence-corrected chi connectivity index (χ2v) is 60.4. The van der Waals surface area contributed by atoms with Crippen LogP contribution in [-0.4, -0.2) is 24.5 Å². The van der Waals surface area contributed by atoms with E-state index in [2.05, 4.69) is 96.3 Å². The predicted octanol–water partition coefficient (Wildman–Crippen LogP) is 16.6. The van der Waals surface area contributed by atoms with Crippen LogP contribution in [-0.2, 0) is 26.4 Å². The fourth-order valence-electron chi connectivity index (χ4n) is 9.85. The van der Waals surface area contributed by atoms with Crippen LogP contribution >= 0.6 is 17.0 Å². The Morgan fingerprint density at radius 2 is 1.05 bits per heavy atom. The van der Waals surface area contributed by atoms with E-state index in [9.17, 15) is 39.5 Å². The molecule has 0 N–H and O–H groups in total. The van der Waals surface area contributed by atoms with Crippen molar-refractivity contribution in [2.45, 2.75) is 111 Å². The second kappa shape index (κ2) is 15.9. The Hall–Kier alpha value is -2.59. The molecule has 0 bridgehead atoms. The quantitative estimate of drug-likeness (QED) is 0.110. The summed E-state index contributed by atoms with van der Waals surface area (Å²) in [5, 5.41) is 0. The second-order valence-electron chi connectivity index (χ2n) is 17.9. The molecule has 0 spiro atoms. The number of rotatable bonds is 10. The molecule has 0 fully saturated rings. The van der Waals surface area contributed by atoms with Crippen molar-refractivity contribution < 1.29 is 55.1 Å². The first-order chi connectivity index (χ1) is 27.7. The van der Waals surface area contributed by atoms with Gasteiger partial charge in [-0.05, 0) is 0 Å². The molecule has 60 heavy (non-hydrogen) atoms. The van der Waals surface area contributed by atoms with Gasteiger partial charge in [0.2, 0.25) is 0 Å². The van der Waals surface area contributed by atoms with Gasteiger partial charge in [-0.1, -0.05) is 0 Å². The molecule has 0 saturated carbocycles. The molecule has 6 rings (SSSR count). The Morgan fingerprint density at radius 3 is 1.45 bits per heavy atom. The van der Waals surface area contributed by atoms with Gasteiger partial charge in [0, 0.05) is 0 Å². The van der Waals surface area contributed by atoms with Crippen LogP contribution in [0.1, 0.15) is 101 Å². The van der Waals surface area contributed by atoms with Gasteiger partial charge in [-0.25, -0.2) is 0 Å². The van der Waals surface area contributed by atoms with Crippen molar-refractivity contribution >= 4 is 35.1 Å². The number of fused-ring (bicyclic) bond motifs is 2. The molecular formula is C47H50Cl2F9SiZr. The minimum absolute atomic E-state index is 0.0187. The van der Waals surface area contributed by atoms with Crippen LogP contribution in [0.5, 0.6) is 0 Å². The summed E-state index contributed by atoms with van der Waals surface area (Å²) in [5.74, 6) is -1.88. The van der Waals surface area contributed by atoms with Crippen LogP contribution in [0.3, 0.4) is 0 Å². The summed E-state index contributed by atoms with van der Waals surface area (Å²) in [6.45, 7) is 17.3. The van der Waals surface area contributed by atoms with Crippen molar-refractivity contribution in [3.8, 4) is 22.3 Å².